The van der Waals surface area contributed by atoms with Crippen LogP contribution in [-0.4, -0.2) is 50.1 Å². The van der Waals surface area contributed by atoms with Crippen LogP contribution in [0.1, 0.15) is 40.0 Å². The summed E-state index contributed by atoms with van der Waals surface area (Å²) in [6.45, 7) is 8.40. The van der Waals surface area contributed by atoms with E-state index in [1.807, 2.05) is 0 Å². The van der Waals surface area contributed by atoms with Crippen LogP contribution in [-0.2, 0) is 0 Å². The number of hydrogen-bond donors (Lipinski definition) is 0. The standard InChI is InChI=1S/C14H30N2/c1-8-14(11-15(4)5)10-9-12(14)13(2,3)16(6)7/h12H,8-11H2,1-7H3. The van der Waals surface area contributed by atoms with Crippen molar-refractivity contribution in [2.75, 3.05) is 34.7 Å². The van der Waals surface area contributed by atoms with Gasteiger partial charge in [0.2, 0.25) is 0 Å². The first-order valence-corrected chi connectivity index (χ1v) is 6.58. The zero-order valence-corrected chi connectivity index (χ0v) is 12.3. The quantitative estimate of drug-likeness (QED) is 0.711. The minimum absolute atomic E-state index is 0.324. The summed E-state index contributed by atoms with van der Waals surface area (Å²) in [5, 5.41) is 0. The monoisotopic (exact) mass is 226 g/mol. The molecule has 2 unspecified atom stereocenters. The number of nitrogens with zero attached hydrogens (tertiary/aromatic N) is 2. The third-order valence-electron chi connectivity index (χ3n) is 5.01. The second kappa shape index (κ2) is 4.66. The molecule has 0 heterocycles. The molecule has 2 nitrogen and oxygen atoms in total. The van der Waals surface area contributed by atoms with Crippen LogP contribution in [0.4, 0.5) is 0 Å². The summed E-state index contributed by atoms with van der Waals surface area (Å²) < 4.78 is 0. The molecule has 16 heavy (non-hydrogen) atoms. The summed E-state index contributed by atoms with van der Waals surface area (Å²) in [5.41, 5.74) is 0.877. The summed E-state index contributed by atoms with van der Waals surface area (Å²) in [5.74, 6) is 0.836. The summed E-state index contributed by atoms with van der Waals surface area (Å²) in [7, 11) is 8.84. The Balaban J connectivity index is 2.82. The van der Waals surface area contributed by atoms with Gasteiger partial charge in [-0.3, -0.25) is 0 Å². The zero-order chi connectivity index (χ0) is 12.6. The van der Waals surface area contributed by atoms with Crippen LogP contribution in [0.3, 0.4) is 0 Å². The van der Waals surface area contributed by atoms with Crippen LogP contribution in [0, 0.1) is 11.3 Å². The normalized spacial score (nSPS) is 30.9. The third-order valence-corrected chi connectivity index (χ3v) is 5.01. The van der Waals surface area contributed by atoms with Crippen LogP contribution < -0.4 is 0 Å². The highest BCUT2D eigenvalue weighted by Crippen LogP contribution is 2.55. The van der Waals surface area contributed by atoms with Gasteiger partial charge in [0, 0.05) is 12.1 Å². The molecule has 1 aliphatic rings. The second-order valence-electron chi connectivity index (χ2n) is 6.59. The lowest BCUT2D eigenvalue weighted by molar-refractivity contribution is -0.0823. The van der Waals surface area contributed by atoms with Crippen molar-refractivity contribution in [3.05, 3.63) is 0 Å². The molecular formula is C14H30N2. The fourth-order valence-corrected chi connectivity index (χ4v) is 3.47. The first-order valence-electron chi connectivity index (χ1n) is 6.58. The zero-order valence-electron chi connectivity index (χ0n) is 12.3. The molecule has 0 aromatic carbocycles. The van der Waals surface area contributed by atoms with Crippen molar-refractivity contribution in [3.8, 4) is 0 Å². The van der Waals surface area contributed by atoms with Crippen molar-refractivity contribution in [3.63, 3.8) is 0 Å². The van der Waals surface area contributed by atoms with Crippen LogP contribution in [0.5, 0.6) is 0 Å². The topological polar surface area (TPSA) is 6.48 Å². The van der Waals surface area contributed by atoms with E-state index in [-0.39, 0.29) is 0 Å². The third kappa shape index (κ3) is 2.28. The van der Waals surface area contributed by atoms with Gasteiger partial charge in [0.15, 0.2) is 0 Å². The van der Waals surface area contributed by atoms with Crippen molar-refractivity contribution >= 4 is 0 Å². The van der Waals surface area contributed by atoms with Gasteiger partial charge in [-0.25, -0.2) is 0 Å². The van der Waals surface area contributed by atoms with E-state index in [9.17, 15) is 0 Å². The van der Waals surface area contributed by atoms with E-state index in [4.69, 9.17) is 0 Å². The largest absolute Gasteiger partial charge is 0.309 e. The fourth-order valence-electron chi connectivity index (χ4n) is 3.47. The molecule has 96 valence electrons. The molecule has 0 aromatic rings. The van der Waals surface area contributed by atoms with Gasteiger partial charge in [-0.05, 0) is 72.6 Å². The van der Waals surface area contributed by atoms with Gasteiger partial charge in [0.25, 0.3) is 0 Å². The lowest BCUT2D eigenvalue weighted by Crippen LogP contribution is -2.59. The van der Waals surface area contributed by atoms with E-state index < -0.39 is 0 Å². The average molecular weight is 226 g/mol. The Kier molecular flexibility index (Phi) is 4.07. The van der Waals surface area contributed by atoms with Crippen molar-refractivity contribution in [1.29, 1.82) is 0 Å². The minimum atomic E-state index is 0.324. The van der Waals surface area contributed by atoms with Gasteiger partial charge in [-0.2, -0.15) is 0 Å². The van der Waals surface area contributed by atoms with Gasteiger partial charge >= 0.3 is 0 Å². The molecule has 0 spiro atoms. The Hall–Kier alpha value is -0.0800. The molecule has 0 amide bonds. The predicted molar refractivity (Wildman–Crippen MR) is 71.8 cm³/mol. The maximum Gasteiger partial charge on any atom is 0.0181 e. The summed E-state index contributed by atoms with van der Waals surface area (Å²) >= 11 is 0. The lowest BCUT2D eigenvalue weighted by atomic mass is 9.52. The second-order valence-corrected chi connectivity index (χ2v) is 6.59. The van der Waals surface area contributed by atoms with Gasteiger partial charge in [-0.1, -0.05) is 6.92 Å². The summed E-state index contributed by atoms with van der Waals surface area (Å²) in [6.07, 6.45) is 4.11. The summed E-state index contributed by atoms with van der Waals surface area (Å²) in [4.78, 5) is 4.76. The van der Waals surface area contributed by atoms with Crippen LogP contribution in [0.25, 0.3) is 0 Å². The van der Waals surface area contributed by atoms with E-state index in [0.717, 1.165) is 5.92 Å². The van der Waals surface area contributed by atoms with Crippen molar-refractivity contribution in [2.24, 2.45) is 11.3 Å². The Morgan fingerprint density at radius 2 is 1.75 bits per heavy atom. The molecule has 0 bridgehead atoms. The Morgan fingerprint density at radius 1 is 1.19 bits per heavy atom. The molecule has 1 aliphatic carbocycles. The molecule has 0 radical (unpaired) electrons. The molecule has 1 fully saturated rings. The predicted octanol–water partition coefficient (Wildman–Crippen LogP) is 2.69. The Bertz CT molecular complexity index is 229. The van der Waals surface area contributed by atoms with Gasteiger partial charge in [0.1, 0.15) is 0 Å². The first kappa shape index (κ1) is 14.0. The van der Waals surface area contributed by atoms with Crippen LogP contribution in [0.15, 0.2) is 0 Å². The average Bonchev–Trinajstić information content (AvgIpc) is 2.10. The maximum atomic E-state index is 2.40. The van der Waals surface area contributed by atoms with Crippen LogP contribution >= 0.6 is 0 Å². The molecule has 0 aliphatic heterocycles. The Labute approximate surface area is 102 Å². The van der Waals surface area contributed by atoms with Crippen LogP contribution in [0.2, 0.25) is 0 Å². The van der Waals surface area contributed by atoms with Crippen molar-refractivity contribution < 1.29 is 0 Å². The first-order chi connectivity index (χ1) is 7.26. The van der Waals surface area contributed by atoms with E-state index in [1.54, 1.807) is 0 Å². The fraction of sp³-hybridized carbons (Fsp3) is 1.00. The smallest absolute Gasteiger partial charge is 0.0181 e. The molecule has 1 saturated carbocycles. The number of rotatable bonds is 5. The van der Waals surface area contributed by atoms with E-state index >= 15 is 0 Å². The highest BCUT2D eigenvalue weighted by molar-refractivity contribution is 5.05. The molecular weight excluding hydrogens is 196 g/mol. The van der Waals surface area contributed by atoms with Gasteiger partial charge in [0.05, 0.1) is 0 Å². The van der Waals surface area contributed by atoms with Crippen molar-refractivity contribution in [2.45, 2.75) is 45.6 Å². The molecule has 0 N–H and O–H groups in total. The maximum absolute atomic E-state index is 2.40. The molecule has 2 heteroatoms. The highest BCUT2D eigenvalue weighted by atomic mass is 15.2. The Morgan fingerprint density at radius 3 is 2.00 bits per heavy atom. The summed E-state index contributed by atoms with van der Waals surface area (Å²) in [6, 6.07) is 0. The number of hydrogen-bond acceptors (Lipinski definition) is 2. The van der Waals surface area contributed by atoms with Crippen molar-refractivity contribution in [1.82, 2.24) is 9.80 Å². The molecule has 2 atom stereocenters. The van der Waals surface area contributed by atoms with E-state index in [0.29, 0.717) is 11.0 Å². The van der Waals surface area contributed by atoms with Gasteiger partial charge < -0.3 is 9.80 Å². The lowest BCUT2D eigenvalue weighted by Gasteiger charge is -2.59. The molecule has 0 saturated heterocycles. The van der Waals surface area contributed by atoms with E-state index in [1.165, 1.54) is 25.8 Å². The van der Waals surface area contributed by atoms with Gasteiger partial charge in [-0.15, -0.1) is 0 Å². The molecule has 0 aromatic heterocycles. The molecule has 1 rings (SSSR count). The highest BCUT2D eigenvalue weighted by Gasteiger charge is 2.52. The van der Waals surface area contributed by atoms with E-state index in [2.05, 4.69) is 58.8 Å². The minimum Gasteiger partial charge on any atom is -0.309 e. The SMILES string of the molecule is CCC1(CN(C)C)CCC1C(C)(C)N(C)C.